The summed E-state index contributed by atoms with van der Waals surface area (Å²) in [4.78, 5) is 61.4. The maximum absolute atomic E-state index is 14.2. The number of pyridine rings is 1. The van der Waals surface area contributed by atoms with Gasteiger partial charge in [-0.15, -0.1) is 0 Å². The highest BCUT2D eigenvalue weighted by atomic mass is 16.6. The zero-order valence-electron chi connectivity index (χ0n) is 26.1. The Kier molecular flexibility index (Phi) is 7.36. The van der Waals surface area contributed by atoms with E-state index in [0.29, 0.717) is 21.8 Å². The molecule has 3 N–H and O–H groups in total. The first kappa shape index (κ1) is 31.4. The van der Waals surface area contributed by atoms with Crippen molar-refractivity contribution >= 4 is 67.5 Å². The van der Waals surface area contributed by atoms with Crippen LogP contribution in [0.4, 0.5) is 0 Å². The van der Waals surface area contributed by atoms with Gasteiger partial charge in [0.2, 0.25) is 5.41 Å². The maximum Gasteiger partial charge on any atom is 0.338 e. The number of esters is 4. The lowest BCUT2D eigenvalue weighted by Gasteiger charge is -2.36. The molecule has 1 aliphatic carbocycles. The zero-order chi connectivity index (χ0) is 34.2. The van der Waals surface area contributed by atoms with E-state index in [1.807, 2.05) is 0 Å². The predicted octanol–water partition coefficient (Wildman–Crippen LogP) is 1.75. The molecule has 0 radical (unpaired) electrons. The number of benzene rings is 3. The predicted molar refractivity (Wildman–Crippen MR) is 167 cm³/mol. The number of rotatable bonds is 5. The fourth-order valence-corrected chi connectivity index (χ4v) is 7.57. The Balaban J connectivity index is 1.83. The van der Waals surface area contributed by atoms with Crippen molar-refractivity contribution in [3.8, 4) is 0 Å². The van der Waals surface area contributed by atoms with Crippen LogP contribution in [0, 0.1) is 0 Å². The van der Waals surface area contributed by atoms with Crippen LogP contribution in [0.2, 0.25) is 0 Å². The Morgan fingerprint density at radius 3 is 2.12 bits per heavy atom. The zero-order valence-corrected chi connectivity index (χ0v) is 26.1. The lowest BCUT2D eigenvalue weighted by Crippen LogP contribution is -2.51. The molecule has 14 nitrogen and oxygen atoms in total. The van der Waals surface area contributed by atoms with Gasteiger partial charge in [-0.25, -0.2) is 9.78 Å². The van der Waals surface area contributed by atoms with E-state index in [4.69, 9.17) is 28.7 Å². The van der Waals surface area contributed by atoms with Crippen molar-refractivity contribution in [3.05, 3.63) is 65.2 Å². The molecular weight excluding hydrogens is 628 g/mol. The Morgan fingerprint density at radius 2 is 1.48 bits per heavy atom. The van der Waals surface area contributed by atoms with Crippen molar-refractivity contribution in [2.75, 3.05) is 35.0 Å². The minimum atomic E-state index is -2.51. The molecule has 0 spiro atoms. The third kappa shape index (κ3) is 3.85. The molecule has 48 heavy (non-hydrogen) atoms. The summed E-state index contributed by atoms with van der Waals surface area (Å²) in [7, 11) is 4.35. The van der Waals surface area contributed by atoms with Crippen LogP contribution in [0.25, 0.3) is 43.6 Å². The molecule has 248 valence electrons. The summed E-state index contributed by atoms with van der Waals surface area (Å²) in [6.07, 6.45) is -5.94. The molecule has 5 aromatic rings. The van der Waals surface area contributed by atoms with Gasteiger partial charge in [0.15, 0.2) is 6.23 Å². The SMILES string of the molecule is COC(=O)c1c2c3c(c4ccccc4nc3c3c1c1ccccc1n3[C@@H]1OC[C@@H](O)[C@H](O)[C@H]1O)C(C(=O)OC)(C(=O)OC)C2C(=O)OC. The van der Waals surface area contributed by atoms with Crippen LogP contribution in [-0.4, -0.2) is 102 Å². The summed E-state index contributed by atoms with van der Waals surface area (Å²) in [5.41, 5.74) is -1.70. The molecule has 0 saturated carbocycles. The summed E-state index contributed by atoms with van der Waals surface area (Å²) in [5.74, 6) is -6.05. The number of hydrogen-bond acceptors (Lipinski definition) is 13. The van der Waals surface area contributed by atoms with Gasteiger partial charge in [-0.05, 0) is 17.7 Å². The molecule has 5 atom stereocenters. The smallest absolute Gasteiger partial charge is 0.338 e. The molecular formula is C34H30N2O12. The number of para-hydroxylation sites is 2. The van der Waals surface area contributed by atoms with Crippen molar-refractivity contribution < 1.29 is 58.2 Å². The van der Waals surface area contributed by atoms with Crippen LogP contribution in [0.3, 0.4) is 0 Å². The molecule has 3 heterocycles. The van der Waals surface area contributed by atoms with E-state index in [1.54, 1.807) is 53.1 Å². The quantitative estimate of drug-likeness (QED) is 0.107. The molecule has 3 aromatic carbocycles. The van der Waals surface area contributed by atoms with Crippen molar-refractivity contribution in [3.63, 3.8) is 0 Å². The van der Waals surface area contributed by atoms with Gasteiger partial charge in [-0.1, -0.05) is 36.4 Å². The highest BCUT2D eigenvalue weighted by Gasteiger charge is 2.66. The molecule has 7 rings (SSSR count). The number of hydrogen-bond donors (Lipinski definition) is 3. The topological polar surface area (TPSA) is 193 Å². The van der Waals surface area contributed by atoms with E-state index >= 15 is 0 Å². The van der Waals surface area contributed by atoms with Crippen molar-refractivity contribution in [2.45, 2.75) is 35.9 Å². The van der Waals surface area contributed by atoms with Crippen LogP contribution in [-0.2, 0) is 43.5 Å². The van der Waals surface area contributed by atoms with Crippen molar-refractivity contribution in [1.29, 1.82) is 0 Å². The Labute approximate surface area is 271 Å². The number of methoxy groups -OCH3 is 4. The van der Waals surface area contributed by atoms with Crippen LogP contribution in [0.5, 0.6) is 0 Å². The second-order valence-corrected chi connectivity index (χ2v) is 11.6. The van der Waals surface area contributed by atoms with E-state index in [2.05, 4.69) is 0 Å². The first-order chi connectivity index (χ1) is 23.1. The minimum absolute atomic E-state index is 0.00312. The molecule has 0 amide bonds. The molecule has 1 fully saturated rings. The Bertz CT molecular complexity index is 2190. The van der Waals surface area contributed by atoms with Crippen LogP contribution >= 0.6 is 0 Å². The second kappa shape index (κ2) is 11.2. The number of carbonyl (C=O) groups excluding carboxylic acids is 4. The van der Waals surface area contributed by atoms with Gasteiger partial charge in [-0.2, -0.15) is 0 Å². The average molecular weight is 659 g/mol. The Hall–Kier alpha value is -5.15. The number of fused-ring (bicyclic) bond motifs is 6. The van der Waals surface area contributed by atoms with E-state index in [-0.39, 0.29) is 45.1 Å². The lowest BCUT2D eigenvalue weighted by atomic mass is 9.71. The monoisotopic (exact) mass is 658 g/mol. The van der Waals surface area contributed by atoms with Crippen molar-refractivity contribution in [1.82, 2.24) is 9.55 Å². The molecule has 0 bridgehead atoms. The van der Waals surface area contributed by atoms with Crippen LogP contribution < -0.4 is 0 Å². The van der Waals surface area contributed by atoms with Gasteiger partial charge in [0.25, 0.3) is 0 Å². The number of ether oxygens (including phenoxy) is 5. The average Bonchev–Trinajstić information content (AvgIpc) is 3.62. The van der Waals surface area contributed by atoms with E-state index < -0.39 is 59.7 Å². The Morgan fingerprint density at radius 1 is 0.833 bits per heavy atom. The molecule has 1 unspecified atom stereocenters. The van der Waals surface area contributed by atoms with E-state index in [1.165, 1.54) is 0 Å². The van der Waals surface area contributed by atoms with Crippen LogP contribution in [0.15, 0.2) is 48.5 Å². The molecule has 2 aliphatic rings. The van der Waals surface area contributed by atoms with Gasteiger partial charge in [0, 0.05) is 27.1 Å². The number of aliphatic hydroxyl groups excluding tert-OH is 3. The fourth-order valence-electron chi connectivity index (χ4n) is 7.57. The minimum Gasteiger partial charge on any atom is -0.468 e. The standard InChI is InChI=1S/C34H30N2O12/c1-44-30(40)21-19-15-10-6-8-12-17(15)36(29-28(39)27(38)18(37)13-48-29)26(19)25-22-20(21)24(31(41)45-2)34(32(42)46-3,33(43)47-4)23(22)14-9-5-7-11-16(14)35-25/h5-12,18,24,27-29,37-39H,13H2,1-4H3/t18-,24?,27+,28-,29-/m1/s1. The highest BCUT2D eigenvalue weighted by molar-refractivity contribution is 6.31. The molecule has 14 heteroatoms. The van der Waals surface area contributed by atoms with E-state index in [0.717, 1.165) is 28.4 Å². The third-order valence-electron chi connectivity index (χ3n) is 9.50. The molecule has 2 aromatic heterocycles. The largest absolute Gasteiger partial charge is 0.468 e. The summed E-state index contributed by atoms with van der Waals surface area (Å²) >= 11 is 0. The number of aromatic nitrogens is 2. The summed E-state index contributed by atoms with van der Waals surface area (Å²) in [6, 6.07) is 13.4. The summed E-state index contributed by atoms with van der Waals surface area (Å²) in [6.45, 7) is -0.337. The highest BCUT2D eigenvalue weighted by Crippen LogP contribution is 2.58. The van der Waals surface area contributed by atoms with Gasteiger partial charge in [0.05, 0.1) is 62.7 Å². The third-order valence-corrected chi connectivity index (χ3v) is 9.50. The normalized spacial score (nSPS) is 23.0. The number of nitrogens with zero attached hydrogens (tertiary/aromatic N) is 2. The van der Waals surface area contributed by atoms with Gasteiger partial charge >= 0.3 is 23.9 Å². The number of aliphatic hydroxyl groups is 3. The summed E-state index contributed by atoms with van der Waals surface area (Å²) in [5, 5.41) is 33.3. The van der Waals surface area contributed by atoms with Crippen molar-refractivity contribution in [2.24, 2.45) is 0 Å². The summed E-state index contributed by atoms with van der Waals surface area (Å²) < 4.78 is 28.5. The number of carbonyl (C=O) groups is 4. The van der Waals surface area contributed by atoms with Gasteiger partial charge in [-0.3, -0.25) is 14.4 Å². The molecule has 1 saturated heterocycles. The van der Waals surface area contributed by atoms with Gasteiger partial charge in [0.1, 0.15) is 24.2 Å². The fraction of sp³-hybridized carbons (Fsp3) is 0.324. The maximum atomic E-state index is 14.2. The van der Waals surface area contributed by atoms with Gasteiger partial charge < -0.3 is 43.6 Å². The molecule has 1 aliphatic heterocycles. The van der Waals surface area contributed by atoms with E-state index in [9.17, 15) is 34.5 Å². The van der Waals surface area contributed by atoms with Crippen LogP contribution in [0.1, 0.15) is 33.6 Å². The first-order valence-electron chi connectivity index (χ1n) is 14.9. The second-order valence-electron chi connectivity index (χ2n) is 11.6. The lowest BCUT2D eigenvalue weighted by molar-refractivity contribution is -0.208. The first-order valence-corrected chi connectivity index (χ1v) is 14.9.